The third-order valence-corrected chi connectivity index (χ3v) is 1.42. The van der Waals surface area contributed by atoms with Gasteiger partial charge in [-0.05, 0) is 13.8 Å². The first-order chi connectivity index (χ1) is 5.26. The highest BCUT2D eigenvalue weighted by Gasteiger charge is 2.06. The van der Waals surface area contributed by atoms with Crippen molar-refractivity contribution in [1.82, 2.24) is 10.2 Å². The van der Waals surface area contributed by atoms with Gasteiger partial charge in [0.25, 0.3) is 0 Å². The normalized spacial score (nSPS) is 9.36. The molecule has 0 aromatic rings. The van der Waals surface area contributed by atoms with E-state index >= 15 is 0 Å². The summed E-state index contributed by atoms with van der Waals surface area (Å²) in [6.07, 6.45) is 0. The smallest absolute Gasteiger partial charge is 0.319 e. The summed E-state index contributed by atoms with van der Waals surface area (Å²) in [5, 5.41) is 2.60. The molecular formula is C7H16N2O2. The minimum Gasteiger partial charge on any atom is -0.364 e. The second kappa shape index (κ2) is 5.97. The number of nitrogens with zero attached hydrogens (tertiary/aromatic N) is 1. The van der Waals surface area contributed by atoms with Crippen molar-refractivity contribution in [1.29, 1.82) is 0 Å². The second-order valence-electron chi connectivity index (χ2n) is 2.09. The van der Waals surface area contributed by atoms with Crippen LogP contribution in [0.5, 0.6) is 0 Å². The lowest BCUT2D eigenvalue weighted by molar-refractivity contribution is 0.156. The van der Waals surface area contributed by atoms with E-state index in [9.17, 15) is 4.79 Å². The zero-order chi connectivity index (χ0) is 8.69. The summed E-state index contributed by atoms with van der Waals surface area (Å²) in [5.41, 5.74) is 0. The standard InChI is InChI=1S/C7H16N2O2/c1-4-9(5-2)7(10)8-6-11-3/h4-6H2,1-3H3,(H,8,10). The lowest BCUT2D eigenvalue weighted by Gasteiger charge is -2.18. The number of amides is 2. The van der Waals surface area contributed by atoms with Gasteiger partial charge in [-0.3, -0.25) is 0 Å². The van der Waals surface area contributed by atoms with Gasteiger partial charge in [-0.1, -0.05) is 0 Å². The van der Waals surface area contributed by atoms with Crippen LogP contribution >= 0.6 is 0 Å². The fourth-order valence-corrected chi connectivity index (χ4v) is 0.757. The Balaban J connectivity index is 3.61. The highest BCUT2D eigenvalue weighted by Crippen LogP contribution is 1.86. The maximum Gasteiger partial charge on any atom is 0.319 e. The van der Waals surface area contributed by atoms with Crippen molar-refractivity contribution in [2.24, 2.45) is 0 Å². The van der Waals surface area contributed by atoms with E-state index in [-0.39, 0.29) is 12.8 Å². The minimum atomic E-state index is -0.0724. The maximum atomic E-state index is 11.1. The highest BCUT2D eigenvalue weighted by molar-refractivity contribution is 5.73. The fourth-order valence-electron chi connectivity index (χ4n) is 0.757. The number of methoxy groups -OCH3 is 1. The molecule has 0 spiro atoms. The van der Waals surface area contributed by atoms with E-state index in [1.54, 1.807) is 12.0 Å². The van der Waals surface area contributed by atoms with Crippen molar-refractivity contribution in [2.75, 3.05) is 26.9 Å². The molecule has 4 nitrogen and oxygen atoms in total. The van der Waals surface area contributed by atoms with E-state index in [2.05, 4.69) is 5.32 Å². The first-order valence-corrected chi connectivity index (χ1v) is 3.77. The fraction of sp³-hybridized carbons (Fsp3) is 0.857. The van der Waals surface area contributed by atoms with Gasteiger partial charge in [0, 0.05) is 20.2 Å². The molecule has 0 aliphatic carbocycles. The molecule has 0 atom stereocenters. The van der Waals surface area contributed by atoms with Crippen molar-refractivity contribution in [2.45, 2.75) is 13.8 Å². The molecular weight excluding hydrogens is 144 g/mol. The molecule has 0 unspecified atom stereocenters. The zero-order valence-corrected chi connectivity index (χ0v) is 7.39. The van der Waals surface area contributed by atoms with Gasteiger partial charge >= 0.3 is 6.03 Å². The van der Waals surface area contributed by atoms with Gasteiger partial charge < -0.3 is 15.0 Å². The SMILES string of the molecule is CCN(CC)C(=O)NCOC. The van der Waals surface area contributed by atoms with Crippen LogP contribution in [0.2, 0.25) is 0 Å². The molecule has 0 saturated carbocycles. The predicted octanol–water partition coefficient (Wildman–Crippen LogP) is 0.642. The Labute approximate surface area is 67.5 Å². The van der Waals surface area contributed by atoms with E-state index in [4.69, 9.17) is 4.74 Å². The van der Waals surface area contributed by atoms with Crippen molar-refractivity contribution in [3.8, 4) is 0 Å². The molecule has 4 heteroatoms. The van der Waals surface area contributed by atoms with Crippen LogP contribution in [0.25, 0.3) is 0 Å². The van der Waals surface area contributed by atoms with Crippen LogP contribution in [-0.2, 0) is 4.74 Å². The number of nitrogens with one attached hydrogen (secondary N) is 1. The Morgan fingerprint density at radius 2 is 2.00 bits per heavy atom. The summed E-state index contributed by atoms with van der Waals surface area (Å²) in [7, 11) is 1.54. The summed E-state index contributed by atoms with van der Waals surface area (Å²) in [5.74, 6) is 0. The molecule has 66 valence electrons. The highest BCUT2D eigenvalue weighted by atomic mass is 16.5. The number of carbonyl (C=O) groups is 1. The zero-order valence-electron chi connectivity index (χ0n) is 7.39. The Kier molecular flexibility index (Phi) is 5.56. The van der Waals surface area contributed by atoms with Gasteiger partial charge in [-0.15, -0.1) is 0 Å². The Bertz CT molecular complexity index is 113. The van der Waals surface area contributed by atoms with Gasteiger partial charge in [0.15, 0.2) is 0 Å². The number of rotatable bonds is 4. The van der Waals surface area contributed by atoms with E-state index in [0.29, 0.717) is 0 Å². The van der Waals surface area contributed by atoms with Gasteiger partial charge in [-0.25, -0.2) is 4.79 Å². The van der Waals surface area contributed by atoms with Crippen LogP contribution in [0.4, 0.5) is 4.79 Å². The van der Waals surface area contributed by atoms with Crippen molar-refractivity contribution < 1.29 is 9.53 Å². The van der Waals surface area contributed by atoms with Crippen LogP contribution < -0.4 is 5.32 Å². The number of urea groups is 1. The molecule has 0 heterocycles. The number of hydrogen-bond donors (Lipinski definition) is 1. The lowest BCUT2D eigenvalue weighted by Crippen LogP contribution is -2.40. The van der Waals surface area contributed by atoms with Crippen LogP contribution in [0.15, 0.2) is 0 Å². The van der Waals surface area contributed by atoms with Gasteiger partial charge in [0.05, 0.1) is 0 Å². The molecule has 0 aliphatic heterocycles. The molecule has 0 bridgehead atoms. The van der Waals surface area contributed by atoms with Crippen LogP contribution in [-0.4, -0.2) is 37.9 Å². The van der Waals surface area contributed by atoms with Crippen LogP contribution in [0.3, 0.4) is 0 Å². The van der Waals surface area contributed by atoms with E-state index in [1.165, 1.54) is 0 Å². The average molecular weight is 160 g/mol. The molecule has 11 heavy (non-hydrogen) atoms. The lowest BCUT2D eigenvalue weighted by atomic mass is 10.5. The van der Waals surface area contributed by atoms with Crippen molar-refractivity contribution >= 4 is 6.03 Å². The maximum absolute atomic E-state index is 11.1. The molecule has 0 aromatic heterocycles. The number of ether oxygens (including phenoxy) is 1. The van der Waals surface area contributed by atoms with Crippen molar-refractivity contribution in [3.05, 3.63) is 0 Å². The number of carbonyl (C=O) groups excluding carboxylic acids is 1. The largest absolute Gasteiger partial charge is 0.364 e. The molecule has 0 fully saturated rings. The Morgan fingerprint density at radius 3 is 2.36 bits per heavy atom. The first-order valence-electron chi connectivity index (χ1n) is 3.77. The monoisotopic (exact) mass is 160 g/mol. The predicted molar refractivity (Wildman–Crippen MR) is 43.3 cm³/mol. The molecule has 0 radical (unpaired) electrons. The molecule has 2 amide bonds. The minimum absolute atomic E-state index is 0.0724. The van der Waals surface area contributed by atoms with E-state index < -0.39 is 0 Å². The van der Waals surface area contributed by atoms with E-state index in [0.717, 1.165) is 13.1 Å². The Morgan fingerprint density at radius 1 is 1.45 bits per heavy atom. The summed E-state index contributed by atoms with van der Waals surface area (Å²) < 4.78 is 4.69. The summed E-state index contributed by atoms with van der Waals surface area (Å²) in [6, 6.07) is -0.0724. The molecule has 0 saturated heterocycles. The van der Waals surface area contributed by atoms with Gasteiger partial charge in [0.2, 0.25) is 0 Å². The first kappa shape index (κ1) is 10.2. The topological polar surface area (TPSA) is 41.6 Å². The van der Waals surface area contributed by atoms with E-state index in [1.807, 2.05) is 13.8 Å². The molecule has 1 N–H and O–H groups in total. The molecule has 0 rings (SSSR count). The second-order valence-corrected chi connectivity index (χ2v) is 2.09. The Hall–Kier alpha value is -0.770. The van der Waals surface area contributed by atoms with Crippen LogP contribution in [0, 0.1) is 0 Å². The third-order valence-electron chi connectivity index (χ3n) is 1.42. The summed E-state index contributed by atoms with van der Waals surface area (Å²) in [4.78, 5) is 12.8. The summed E-state index contributed by atoms with van der Waals surface area (Å²) >= 11 is 0. The van der Waals surface area contributed by atoms with Gasteiger partial charge in [-0.2, -0.15) is 0 Å². The summed E-state index contributed by atoms with van der Waals surface area (Å²) in [6.45, 7) is 5.61. The quantitative estimate of drug-likeness (QED) is 0.613. The molecule has 0 aromatic carbocycles. The van der Waals surface area contributed by atoms with Gasteiger partial charge in [0.1, 0.15) is 6.73 Å². The average Bonchev–Trinajstić information content (AvgIpc) is 2.03. The number of hydrogen-bond acceptors (Lipinski definition) is 2. The van der Waals surface area contributed by atoms with Crippen molar-refractivity contribution in [3.63, 3.8) is 0 Å². The molecule has 0 aliphatic rings. The van der Waals surface area contributed by atoms with Crippen LogP contribution in [0.1, 0.15) is 13.8 Å². The third kappa shape index (κ3) is 3.83.